The Kier molecular flexibility index (Phi) is 6.23. The Bertz CT molecular complexity index is 720. The van der Waals surface area contributed by atoms with Crippen molar-refractivity contribution < 1.29 is 14.3 Å². The molecule has 0 atom stereocenters. The second-order valence-corrected chi connectivity index (χ2v) is 6.31. The molecule has 0 unspecified atom stereocenters. The Hall–Kier alpha value is -1.80. The van der Waals surface area contributed by atoms with E-state index >= 15 is 0 Å². The number of amides is 2. The summed E-state index contributed by atoms with van der Waals surface area (Å²) in [6.45, 7) is 1.74. The van der Waals surface area contributed by atoms with Crippen molar-refractivity contribution in [2.75, 3.05) is 6.61 Å². The molecule has 2 N–H and O–H groups in total. The number of hydrazine groups is 1. The lowest BCUT2D eigenvalue weighted by atomic mass is 10.1. The van der Waals surface area contributed by atoms with Crippen LogP contribution in [-0.4, -0.2) is 18.4 Å². The van der Waals surface area contributed by atoms with E-state index in [1.165, 1.54) is 0 Å². The summed E-state index contributed by atoms with van der Waals surface area (Å²) in [6.07, 6.45) is 0. The molecule has 2 amide bonds. The van der Waals surface area contributed by atoms with Crippen LogP contribution < -0.4 is 15.6 Å². The van der Waals surface area contributed by atoms with Gasteiger partial charge in [0.15, 0.2) is 6.61 Å². The minimum absolute atomic E-state index is 0.215. The first-order valence-electron chi connectivity index (χ1n) is 6.69. The first kappa shape index (κ1) is 17.6. The Morgan fingerprint density at radius 3 is 2.48 bits per heavy atom. The van der Waals surface area contributed by atoms with Gasteiger partial charge in [0.2, 0.25) is 0 Å². The van der Waals surface area contributed by atoms with Crippen molar-refractivity contribution in [3.63, 3.8) is 0 Å². The number of carbonyl (C=O) groups is 2. The van der Waals surface area contributed by atoms with Gasteiger partial charge in [-0.25, -0.2) is 0 Å². The van der Waals surface area contributed by atoms with Crippen LogP contribution in [0, 0.1) is 10.5 Å². The summed E-state index contributed by atoms with van der Waals surface area (Å²) in [5.74, 6) is -0.332. The lowest BCUT2D eigenvalue weighted by Crippen LogP contribution is -2.43. The van der Waals surface area contributed by atoms with Crippen molar-refractivity contribution in [3.8, 4) is 5.75 Å². The van der Waals surface area contributed by atoms with E-state index in [2.05, 4.69) is 33.4 Å². The topological polar surface area (TPSA) is 67.4 Å². The number of ether oxygens (including phenoxy) is 1. The number of carbonyl (C=O) groups excluding carboxylic acids is 2. The molecular formula is C16H14ClIN2O3. The van der Waals surface area contributed by atoms with Gasteiger partial charge in [0.1, 0.15) is 5.75 Å². The summed E-state index contributed by atoms with van der Waals surface area (Å²) in [7, 11) is 0. The molecule has 0 saturated heterocycles. The van der Waals surface area contributed by atoms with Crippen molar-refractivity contribution in [3.05, 3.63) is 62.2 Å². The van der Waals surface area contributed by atoms with Gasteiger partial charge in [-0.1, -0.05) is 17.7 Å². The van der Waals surface area contributed by atoms with Gasteiger partial charge in [-0.15, -0.1) is 0 Å². The molecule has 0 radical (unpaired) electrons. The molecule has 0 spiro atoms. The van der Waals surface area contributed by atoms with Gasteiger partial charge in [-0.3, -0.25) is 20.4 Å². The molecule has 0 aliphatic heterocycles. The summed E-state index contributed by atoms with van der Waals surface area (Å²) in [5.41, 5.74) is 6.21. The van der Waals surface area contributed by atoms with Crippen molar-refractivity contribution in [2.45, 2.75) is 6.92 Å². The predicted octanol–water partition coefficient (Wildman–Crippen LogP) is 3.09. The molecule has 0 aliphatic carbocycles. The maximum atomic E-state index is 11.9. The maximum Gasteiger partial charge on any atom is 0.276 e. The third kappa shape index (κ3) is 5.40. The average molecular weight is 445 g/mol. The standard InChI is InChI=1S/C16H14ClIN2O3/c1-10-2-3-11(8-14(10)18)16(22)20-19-15(21)9-23-13-6-4-12(17)5-7-13/h2-8H,9H2,1H3,(H,19,21)(H,20,22). The zero-order valence-electron chi connectivity index (χ0n) is 12.2. The number of hydrogen-bond donors (Lipinski definition) is 2. The number of hydrogen-bond acceptors (Lipinski definition) is 3. The summed E-state index contributed by atoms with van der Waals surface area (Å²) < 4.78 is 6.25. The minimum Gasteiger partial charge on any atom is -0.484 e. The molecule has 120 valence electrons. The summed E-state index contributed by atoms with van der Waals surface area (Å²) in [6, 6.07) is 11.9. The molecule has 0 aliphatic rings. The van der Waals surface area contributed by atoms with Crippen LogP contribution in [0.5, 0.6) is 5.75 Å². The second kappa shape index (κ2) is 8.16. The zero-order chi connectivity index (χ0) is 16.8. The Morgan fingerprint density at radius 2 is 1.83 bits per heavy atom. The van der Waals surface area contributed by atoms with Gasteiger partial charge in [-0.2, -0.15) is 0 Å². The fraction of sp³-hybridized carbons (Fsp3) is 0.125. The highest BCUT2D eigenvalue weighted by Gasteiger charge is 2.09. The molecule has 23 heavy (non-hydrogen) atoms. The smallest absolute Gasteiger partial charge is 0.276 e. The van der Waals surface area contributed by atoms with Crippen LogP contribution in [0.3, 0.4) is 0 Å². The molecule has 7 heteroatoms. The van der Waals surface area contributed by atoms with Crippen LogP contribution in [0.4, 0.5) is 0 Å². The first-order valence-corrected chi connectivity index (χ1v) is 8.15. The Balaban J connectivity index is 1.80. The molecule has 2 aromatic carbocycles. The third-order valence-corrected chi connectivity index (χ3v) is 4.35. The van der Waals surface area contributed by atoms with E-state index in [0.29, 0.717) is 16.3 Å². The first-order chi connectivity index (χ1) is 11.0. The molecule has 0 fully saturated rings. The van der Waals surface area contributed by atoms with Crippen molar-refractivity contribution in [2.24, 2.45) is 0 Å². The molecule has 2 aromatic rings. The quantitative estimate of drug-likeness (QED) is 0.563. The fourth-order valence-corrected chi connectivity index (χ4v) is 2.29. The molecule has 0 saturated carbocycles. The van der Waals surface area contributed by atoms with E-state index in [-0.39, 0.29) is 12.5 Å². The normalized spacial score (nSPS) is 10.0. The van der Waals surface area contributed by atoms with Crippen LogP contribution in [-0.2, 0) is 4.79 Å². The monoisotopic (exact) mass is 444 g/mol. The van der Waals surface area contributed by atoms with Gasteiger partial charge in [0.25, 0.3) is 11.8 Å². The van der Waals surface area contributed by atoms with E-state index in [1.807, 2.05) is 13.0 Å². The largest absolute Gasteiger partial charge is 0.484 e. The third-order valence-electron chi connectivity index (χ3n) is 2.93. The van der Waals surface area contributed by atoms with Crippen LogP contribution in [0.2, 0.25) is 5.02 Å². The highest BCUT2D eigenvalue weighted by Crippen LogP contribution is 2.15. The number of rotatable bonds is 4. The fourth-order valence-electron chi connectivity index (χ4n) is 1.65. The lowest BCUT2D eigenvalue weighted by molar-refractivity contribution is -0.123. The zero-order valence-corrected chi connectivity index (χ0v) is 15.1. The molecule has 0 aromatic heterocycles. The number of benzene rings is 2. The van der Waals surface area contributed by atoms with Gasteiger partial charge < -0.3 is 4.74 Å². The number of nitrogens with one attached hydrogen (secondary N) is 2. The van der Waals surface area contributed by atoms with E-state index in [9.17, 15) is 9.59 Å². The summed E-state index contributed by atoms with van der Waals surface area (Å²) in [4.78, 5) is 23.6. The van der Waals surface area contributed by atoms with Crippen LogP contribution in [0.25, 0.3) is 0 Å². The van der Waals surface area contributed by atoms with Crippen LogP contribution >= 0.6 is 34.2 Å². The Morgan fingerprint density at radius 1 is 1.13 bits per heavy atom. The summed E-state index contributed by atoms with van der Waals surface area (Å²) >= 11 is 7.91. The SMILES string of the molecule is Cc1ccc(C(=O)NNC(=O)COc2ccc(Cl)cc2)cc1I. The highest BCUT2D eigenvalue weighted by molar-refractivity contribution is 14.1. The van der Waals surface area contributed by atoms with E-state index < -0.39 is 5.91 Å². The maximum absolute atomic E-state index is 11.9. The minimum atomic E-state index is -0.463. The molecule has 5 nitrogen and oxygen atoms in total. The summed E-state index contributed by atoms with van der Waals surface area (Å²) in [5, 5.41) is 0.585. The van der Waals surface area contributed by atoms with Crippen molar-refractivity contribution in [1.29, 1.82) is 0 Å². The van der Waals surface area contributed by atoms with Crippen LogP contribution in [0.15, 0.2) is 42.5 Å². The Labute approximate surface area is 152 Å². The van der Waals surface area contributed by atoms with Gasteiger partial charge in [0.05, 0.1) is 0 Å². The van der Waals surface area contributed by atoms with E-state index in [1.54, 1.807) is 36.4 Å². The number of aryl methyl sites for hydroxylation is 1. The van der Waals surface area contributed by atoms with Gasteiger partial charge in [-0.05, 0) is 71.5 Å². The average Bonchev–Trinajstić information content (AvgIpc) is 2.54. The predicted molar refractivity (Wildman–Crippen MR) is 96.5 cm³/mol. The van der Waals surface area contributed by atoms with Crippen molar-refractivity contribution >= 4 is 46.0 Å². The molecule has 0 bridgehead atoms. The lowest BCUT2D eigenvalue weighted by Gasteiger charge is -2.09. The van der Waals surface area contributed by atoms with Crippen LogP contribution in [0.1, 0.15) is 15.9 Å². The number of halogens is 2. The second-order valence-electron chi connectivity index (χ2n) is 4.71. The highest BCUT2D eigenvalue weighted by atomic mass is 127. The van der Waals surface area contributed by atoms with E-state index in [0.717, 1.165) is 9.13 Å². The van der Waals surface area contributed by atoms with Gasteiger partial charge >= 0.3 is 0 Å². The van der Waals surface area contributed by atoms with Gasteiger partial charge in [0, 0.05) is 14.2 Å². The molecule has 2 rings (SSSR count). The van der Waals surface area contributed by atoms with Crippen molar-refractivity contribution in [1.82, 2.24) is 10.9 Å². The van der Waals surface area contributed by atoms with E-state index in [4.69, 9.17) is 16.3 Å². The molecule has 0 heterocycles. The molecular weight excluding hydrogens is 431 g/mol.